The van der Waals surface area contributed by atoms with E-state index in [4.69, 9.17) is 0 Å². The van der Waals surface area contributed by atoms with Crippen molar-refractivity contribution in [3.05, 3.63) is 0 Å². The average molecular weight is 239 g/mol. The highest BCUT2D eigenvalue weighted by atomic mass is 16.2. The van der Waals surface area contributed by atoms with Crippen molar-refractivity contribution >= 4 is 5.91 Å². The number of hydrogen-bond donors (Lipinski definition) is 0. The second-order valence-corrected chi connectivity index (χ2v) is 6.38. The number of carbonyl (C=O) groups is 1. The van der Waals surface area contributed by atoms with Crippen molar-refractivity contribution in [1.82, 2.24) is 4.90 Å². The van der Waals surface area contributed by atoms with Crippen molar-refractivity contribution in [3.8, 4) is 0 Å². The van der Waals surface area contributed by atoms with Crippen molar-refractivity contribution < 1.29 is 9.28 Å². The van der Waals surface area contributed by atoms with Crippen LogP contribution in [0.1, 0.15) is 40.5 Å². The zero-order valence-corrected chi connectivity index (χ0v) is 11.8. The number of fused-ring (bicyclic) bond motifs is 1. The molecule has 2 heterocycles. The summed E-state index contributed by atoms with van der Waals surface area (Å²) in [7, 11) is 0. The van der Waals surface area contributed by atoms with Gasteiger partial charge in [0.2, 0.25) is 5.91 Å². The summed E-state index contributed by atoms with van der Waals surface area (Å²) in [6.07, 6.45) is 2.65. The van der Waals surface area contributed by atoms with Gasteiger partial charge in [0.05, 0.1) is 32.2 Å². The SMILES string of the molecule is CC(C)C(=O)N1CC[N+]2(C(C)C)CCCC2C1. The molecule has 2 aliphatic rings. The van der Waals surface area contributed by atoms with E-state index >= 15 is 0 Å². The predicted octanol–water partition coefficient (Wildman–Crippen LogP) is 1.87. The summed E-state index contributed by atoms with van der Waals surface area (Å²) in [5.74, 6) is 0.494. The molecule has 17 heavy (non-hydrogen) atoms. The van der Waals surface area contributed by atoms with Crippen LogP contribution in [0.5, 0.6) is 0 Å². The number of nitrogens with zero attached hydrogens (tertiary/aromatic N) is 2. The molecule has 2 rings (SSSR count). The minimum Gasteiger partial charge on any atom is -0.331 e. The molecule has 0 N–H and O–H groups in total. The normalized spacial score (nSPS) is 33.3. The van der Waals surface area contributed by atoms with Crippen molar-refractivity contribution in [2.45, 2.75) is 52.6 Å². The van der Waals surface area contributed by atoms with Crippen LogP contribution in [0.2, 0.25) is 0 Å². The summed E-state index contributed by atoms with van der Waals surface area (Å²) in [5.41, 5.74) is 0. The Morgan fingerprint density at radius 2 is 1.94 bits per heavy atom. The third-order valence-corrected chi connectivity index (χ3v) is 4.89. The van der Waals surface area contributed by atoms with Crippen LogP contribution < -0.4 is 0 Å². The van der Waals surface area contributed by atoms with E-state index < -0.39 is 0 Å². The second-order valence-electron chi connectivity index (χ2n) is 6.38. The van der Waals surface area contributed by atoms with Gasteiger partial charge in [-0.05, 0) is 13.8 Å². The second kappa shape index (κ2) is 4.60. The Morgan fingerprint density at radius 1 is 1.24 bits per heavy atom. The molecular weight excluding hydrogens is 212 g/mol. The van der Waals surface area contributed by atoms with Gasteiger partial charge in [-0.1, -0.05) is 13.8 Å². The Balaban J connectivity index is 2.08. The van der Waals surface area contributed by atoms with Crippen molar-refractivity contribution in [2.24, 2.45) is 5.92 Å². The summed E-state index contributed by atoms with van der Waals surface area (Å²) < 4.78 is 1.27. The number of amides is 1. The highest BCUT2D eigenvalue weighted by Gasteiger charge is 2.48. The molecule has 2 fully saturated rings. The van der Waals surface area contributed by atoms with E-state index in [1.165, 1.54) is 30.4 Å². The molecule has 0 bridgehead atoms. The van der Waals surface area contributed by atoms with Crippen LogP contribution in [-0.4, -0.2) is 53.6 Å². The van der Waals surface area contributed by atoms with Crippen molar-refractivity contribution in [2.75, 3.05) is 26.2 Å². The summed E-state index contributed by atoms with van der Waals surface area (Å²) in [5, 5.41) is 0. The Hall–Kier alpha value is -0.570. The Kier molecular flexibility index (Phi) is 3.48. The molecule has 3 heteroatoms. The van der Waals surface area contributed by atoms with Crippen LogP contribution >= 0.6 is 0 Å². The fourth-order valence-electron chi connectivity index (χ4n) is 3.77. The van der Waals surface area contributed by atoms with E-state index in [-0.39, 0.29) is 5.92 Å². The summed E-state index contributed by atoms with van der Waals surface area (Å²) >= 11 is 0. The Bertz CT molecular complexity index is 301. The maximum atomic E-state index is 12.1. The minimum atomic E-state index is 0.149. The van der Waals surface area contributed by atoms with Gasteiger partial charge in [-0.3, -0.25) is 4.79 Å². The molecule has 2 unspecified atom stereocenters. The first-order valence-electron chi connectivity index (χ1n) is 7.12. The van der Waals surface area contributed by atoms with Crippen LogP contribution in [0.4, 0.5) is 0 Å². The van der Waals surface area contributed by atoms with E-state index in [2.05, 4.69) is 18.7 Å². The molecule has 0 saturated carbocycles. The van der Waals surface area contributed by atoms with Gasteiger partial charge in [-0.25, -0.2) is 0 Å². The topological polar surface area (TPSA) is 20.3 Å². The van der Waals surface area contributed by atoms with Crippen molar-refractivity contribution in [1.29, 1.82) is 0 Å². The van der Waals surface area contributed by atoms with Crippen LogP contribution in [0.3, 0.4) is 0 Å². The quantitative estimate of drug-likeness (QED) is 0.674. The highest BCUT2D eigenvalue weighted by molar-refractivity contribution is 5.78. The van der Waals surface area contributed by atoms with E-state index in [1.807, 2.05) is 13.8 Å². The van der Waals surface area contributed by atoms with Gasteiger partial charge in [0, 0.05) is 18.8 Å². The maximum Gasteiger partial charge on any atom is 0.225 e. The number of rotatable bonds is 2. The van der Waals surface area contributed by atoms with Crippen LogP contribution in [0.25, 0.3) is 0 Å². The molecule has 0 aromatic carbocycles. The molecule has 0 radical (unpaired) electrons. The van der Waals surface area contributed by atoms with Gasteiger partial charge < -0.3 is 9.38 Å². The first kappa shape index (κ1) is 12.9. The molecule has 2 aliphatic heterocycles. The van der Waals surface area contributed by atoms with Crippen LogP contribution in [-0.2, 0) is 4.79 Å². The maximum absolute atomic E-state index is 12.1. The first-order valence-corrected chi connectivity index (χ1v) is 7.12. The number of quaternary nitrogens is 1. The van der Waals surface area contributed by atoms with Gasteiger partial charge in [0.15, 0.2) is 0 Å². The van der Waals surface area contributed by atoms with Gasteiger partial charge in [0.25, 0.3) is 0 Å². The third kappa shape index (κ3) is 2.10. The molecule has 0 aromatic heterocycles. The summed E-state index contributed by atoms with van der Waals surface area (Å²) in [4.78, 5) is 14.2. The lowest BCUT2D eigenvalue weighted by molar-refractivity contribution is -0.962. The molecule has 0 aromatic rings. The fraction of sp³-hybridized carbons (Fsp3) is 0.929. The van der Waals surface area contributed by atoms with Gasteiger partial charge >= 0.3 is 0 Å². The molecule has 3 nitrogen and oxygen atoms in total. The smallest absolute Gasteiger partial charge is 0.225 e. The standard InChI is InChI=1S/C14H27N2O/c1-11(2)14(17)15-7-9-16(12(3)4)8-5-6-13(16)10-15/h11-13H,5-10H2,1-4H3/q+1. The highest BCUT2D eigenvalue weighted by Crippen LogP contribution is 2.33. The van der Waals surface area contributed by atoms with Crippen LogP contribution in [0.15, 0.2) is 0 Å². The molecule has 0 spiro atoms. The van der Waals surface area contributed by atoms with E-state index in [0.29, 0.717) is 18.0 Å². The molecule has 2 atom stereocenters. The number of carbonyl (C=O) groups excluding carboxylic acids is 1. The van der Waals surface area contributed by atoms with Gasteiger partial charge in [0.1, 0.15) is 6.04 Å². The van der Waals surface area contributed by atoms with Crippen LogP contribution in [0, 0.1) is 5.92 Å². The first-order chi connectivity index (χ1) is 7.97. The zero-order valence-electron chi connectivity index (χ0n) is 11.8. The Morgan fingerprint density at radius 3 is 2.53 bits per heavy atom. The lowest BCUT2D eigenvalue weighted by atomic mass is 10.0. The fourth-order valence-corrected chi connectivity index (χ4v) is 3.77. The zero-order chi connectivity index (χ0) is 12.6. The monoisotopic (exact) mass is 239 g/mol. The summed E-state index contributed by atoms with van der Waals surface area (Å²) in [6, 6.07) is 1.41. The Labute approximate surface area is 105 Å². The van der Waals surface area contributed by atoms with E-state index in [1.54, 1.807) is 0 Å². The summed E-state index contributed by atoms with van der Waals surface area (Å²) in [6.45, 7) is 13.2. The molecule has 98 valence electrons. The van der Waals surface area contributed by atoms with Gasteiger partial charge in [-0.2, -0.15) is 0 Å². The molecule has 2 saturated heterocycles. The third-order valence-electron chi connectivity index (χ3n) is 4.89. The largest absolute Gasteiger partial charge is 0.331 e. The minimum absolute atomic E-state index is 0.149. The lowest BCUT2D eigenvalue weighted by Crippen LogP contribution is -2.66. The lowest BCUT2D eigenvalue weighted by Gasteiger charge is -2.50. The van der Waals surface area contributed by atoms with Gasteiger partial charge in [-0.15, -0.1) is 0 Å². The number of piperazine rings is 1. The molecule has 1 amide bonds. The number of hydrogen-bond acceptors (Lipinski definition) is 1. The van der Waals surface area contributed by atoms with Crippen molar-refractivity contribution in [3.63, 3.8) is 0 Å². The average Bonchev–Trinajstić information content (AvgIpc) is 2.71. The van der Waals surface area contributed by atoms with E-state index in [9.17, 15) is 4.79 Å². The molecule has 0 aliphatic carbocycles. The molecular formula is C14H27N2O+. The van der Waals surface area contributed by atoms with E-state index in [0.717, 1.165) is 13.1 Å². The predicted molar refractivity (Wildman–Crippen MR) is 69.6 cm³/mol.